The summed E-state index contributed by atoms with van der Waals surface area (Å²) in [6.45, 7) is 4.41. The average molecular weight is 391 g/mol. The van der Waals surface area contributed by atoms with Gasteiger partial charge < -0.3 is 15.1 Å². The molecule has 2 atom stereocenters. The Balaban J connectivity index is 1.37. The number of urea groups is 1. The van der Waals surface area contributed by atoms with Crippen molar-refractivity contribution in [1.29, 1.82) is 0 Å². The largest absolute Gasteiger partial charge is 0.345 e. The highest BCUT2D eigenvalue weighted by molar-refractivity contribution is 7.13. The Morgan fingerprint density at radius 1 is 1.30 bits per heavy atom. The first-order valence-corrected chi connectivity index (χ1v) is 10.5. The van der Waals surface area contributed by atoms with Crippen LogP contribution in [0.4, 0.5) is 9.93 Å². The van der Waals surface area contributed by atoms with Crippen LogP contribution >= 0.6 is 11.3 Å². The fourth-order valence-electron chi connectivity index (χ4n) is 4.39. The minimum atomic E-state index is -0.806. The van der Waals surface area contributed by atoms with Crippen LogP contribution in [0.5, 0.6) is 0 Å². The zero-order valence-corrected chi connectivity index (χ0v) is 16.3. The van der Waals surface area contributed by atoms with Crippen LogP contribution < -0.4 is 10.2 Å². The van der Waals surface area contributed by atoms with Gasteiger partial charge in [0.05, 0.1) is 0 Å². The first kappa shape index (κ1) is 18.2. The van der Waals surface area contributed by atoms with Crippen molar-refractivity contribution in [2.75, 3.05) is 37.6 Å². The number of anilines is 1. The Morgan fingerprint density at radius 3 is 2.74 bits per heavy atom. The number of thiazole rings is 1. The molecule has 0 radical (unpaired) electrons. The summed E-state index contributed by atoms with van der Waals surface area (Å²) in [6, 6.07) is -0.427. The third kappa shape index (κ3) is 3.18. The number of rotatable bonds is 3. The average Bonchev–Trinajstić information content (AvgIpc) is 3.28. The highest BCUT2D eigenvalue weighted by Gasteiger charge is 2.55. The number of piperazine rings is 1. The fourth-order valence-corrected chi connectivity index (χ4v) is 5.09. The van der Waals surface area contributed by atoms with E-state index in [4.69, 9.17) is 0 Å². The van der Waals surface area contributed by atoms with Gasteiger partial charge in [0.2, 0.25) is 5.91 Å². The Kier molecular flexibility index (Phi) is 4.79. The van der Waals surface area contributed by atoms with Crippen LogP contribution in [0.2, 0.25) is 0 Å². The van der Waals surface area contributed by atoms with E-state index in [1.165, 1.54) is 0 Å². The van der Waals surface area contributed by atoms with Crippen molar-refractivity contribution in [3.63, 3.8) is 0 Å². The summed E-state index contributed by atoms with van der Waals surface area (Å²) in [5.41, 5.74) is -0.806. The highest BCUT2D eigenvalue weighted by atomic mass is 32.1. The molecule has 3 fully saturated rings. The van der Waals surface area contributed by atoms with Gasteiger partial charge in [-0.15, -0.1) is 11.3 Å². The molecule has 1 N–H and O–H groups in total. The number of aromatic nitrogens is 1. The summed E-state index contributed by atoms with van der Waals surface area (Å²) in [7, 11) is 0. The molecule has 2 aliphatic heterocycles. The second kappa shape index (κ2) is 7.10. The minimum Gasteiger partial charge on any atom is -0.345 e. The second-order valence-corrected chi connectivity index (χ2v) is 8.50. The Labute approximate surface area is 162 Å². The fraction of sp³-hybridized carbons (Fsp3) is 0.667. The lowest BCUT2D eigenvalue weighted by atomic mass is 9.73. The van der Waals surface area contributed by atoms with E-state index < -0.39 is 11.6 Å². The Hall–Kier alpha value is -2.16. The predicted molar refractivity (Wildman–Crippen MR) is 102 cm³/mol. The van der Waals surface area contributed by atoms with E-state index >= 15 is 0 Å². The molecule has 1 saturated carbocycles. The van der Waals surface area contributed by atoms with E-state index in [1.807, 2.05) is 12.3 Å². The minimum absolute atomic E-state index is 0.102. The van der Waals surface area contributed by atoms with E-state index in [9.17, 15) is 14.4 Å². The van der Waals surface area contributed by atoms with Gasteiger partial charge in [0.25, 0.3) is 5.91 Å². The van der Waals surface area contributed by atoms with Gasteiger partial charge >= 0.3 is 6.03 Å². The van der Waals surface area contributed by atoms with Crippen molar-refractivity contribution in [2.45, 2.75) is 38.1 Å². The molecule has 3 aliphatic rings. The SMILES string of the molecule is C[C@@H]1CCCC[C@@]12NC(=O)N(CC(=O)N1CCN(c3nccs3)CC1)C2=O. The van der Waals surface area contributed by atoms with E-state index in [0.717, 1.165) is 29.3 Å². The van der Waals surface area contributed by atoms with Gasteiger partial charge in [0.15, 0.2) is 5.13 Å². The monoisotopic (exact) mass is 391 g/mol. The molecule has 1 aromatic rings. The summed E-state index contributed by atoms with van der Waals surface area (Å²) in [5, 5.41) is 5.80. The van der Waals surface area contributed by atoms with Gasteiger partial charge in [-0.25, -0.2) is 9.78 Å². The maximum atomic E-state index is 13.0. The van der Waals surface area contributed by atoms with Crippen LogP contribution in [-0.4, -0.2) is 70.9 Å². The van der Waals surface area contributed by atoms with Gasteiger partial charge in [0, 0.05) is 37.8 Å². The summed E-state index contributed by atoms with van der Waals surface area (Å²) >= 11 is 1.58. The van der Waals surface area contributed by atoms with Crippen molar-refractivity contribution < 1.29 is 14.4 Å². The molecule has 1 aliphatic carbocycles. The van der Waals surface area contributed by atoms with Crippen molar-refractivity contribution in [1.82, 2.24) is 20.1 Å². The van der Waals surface area contributed by atoms with Crippen molar-refractivity contribution in [3.8, 4) is 0 Å². The number of hydrogen-bond acceptors (Lipinski definition) is 6. The third-order valence-electron chi connectivity index (χ3n) is 6.12. The molecule has 4 amide bonds. The number of nitrogens with zero attached hydrogens (tertiary/aromatic N) is 4. The number of nitrogens with one attached hydrogen (secondary N) is 1. The molecule has 1 aromatic heterocycles. The first-order chi connectivity index (χ1) is 13.0. The standard InChI is InChI=1S/C18H25N5O3S/c1-13-4-2-3-5-18(13)15(25)23(16(26)20-18)12-14(24)21-7-9-22(10-8-21)17-19-6-11-27-17/h6,11,13H,2-5,7-10,12H2,1H3,(H,20,26)/t13-,18-/m1/s1. The summed E-state index contributed by atoms with van der Waals surface area (Å²) in [5.74, 6) is -0.295. The summed E-state index contributed by atoms with van der Waals surface area (Å²) in [4.78, 5) is 47.5. The van der Waals surface area contributed by atoms with Crippen molar-refractivity contribution >= 4 is 34.3 Å². The first-order valence-electron chi connectivity index (χ1n) is 9.57. The maximum Gasteiger partial charge on any atom is 0.325 e. The zero-order chi connectivity index (χ0) is 19.0. The molecule has 3 heterocycles. The molecule has 0 unspecified atom stereocenters. The van der Waals surface area contributed by atoms with Crippen LogP contribution in [0.3, 0.4) is 0 Å². The van der Waals surface area contributed by atoms with E-state index in [-0.39, 0.29) is 24.3 Å². The quantitative estimate of drug-likeness (QED) is 0.785. The molecule has 146 valence electrons. The van der Waals surface area contributed by atoms with E-state index in [1.54, 1.807) is 22.4 Å². The number of carbonyl (C=O) groups is 3. The van der Waals surface area contributed by atoms with E-state index in [2.05, 4.69) is 15.2 Å². The summed E-state index contributed by atoms with van der Waals surface area (Å²) < 4.78 is 0. The van der Waals surface area contributed by atoms with Gasteiger partial charge in [0.1, 0.15) is 12.1 Å². The van der Waals surface area contributed by atoms with Crippen LogP contribution in [0.1, 0.15) is 32.6 Å². The summed E-state index contributed by atoms with van der Waals surface area (Å²) in [6.07, 6.45) is 5.37. The van der Waals surface area contributed by atoms with Gasteiger partial charge in [-0.2, -0.15) is 0 Å². The molecule has 2 saturated heterocycles. The third-order valence-corrected chi connectivity index (χ3v) is 6.95. The lowest BCUT2D eigenvalue weighted by molar-refractivity contribution is -0.140. The number of imide groups is 1. The number of hydrogen-bond donors (Lipinski definition) is 1. The normalized spacial score (nSPS) is 28.8. The van der Waals surface area contributed by atoms with Crippen molar-refractivity contribution in [3.05, 3.63) is 11.6 Å². The lowest BCUT2D eigenvalue weighted by Crippen LogP contribution is -2.54. The van der Waals surface area contributed by atoms with E-state index in [0.29, 0.717) is 32.6 Å². The number of amides is 4. The molecular formula is C18H25N5O3S. The Morgan fingerprint density at radius 2 is 2.07 bits per heavy atom. The van der Waals surface area contributed by atoms with Gasteiger partial charge in [-0.3, -0.25) is 14.5 Å². The van der Waals surface area contributed by atoms with Gasteiger partial charge in [-0.1, -0.05) is 19.8 Å². The van der Waals surface area contributed by atoms with Crippen LogP contribution in [0.25, 0.3) is 0 Å². The highest BCUT2D eigenvalue weighted by Crippen LogP contribution is 2.38. The van der Waals surface area contributed by atoms with Crippen LogP contribution in [0.15, 0.2) is 11.6 Å². The molecular weight excluding hydrogens is 366 g/mol. The number of carbonyl (C=O) groups excluding carboxylic acids is 3. The predicted octanol–water partition coefficient (Wildman–Crippen LogP) is 1.29. The topological polar surface area (TPSA) is 85.8 Å². The second-order valence-electron chi connectivity index (χ2n) is 7.62. The Bertz CT molecular complexity index is 731. The molecule has 27 heavy (non-hydrogen) atoms. The smallest absolute Gasteiger partial charge is 0.325 e. The van der Waals surface area contributed by atoms with Crippen molar-refractivity contribution in [2.24, 2.45) is 5.92 Å². The molecule has 4 rings (SSSR count). The molecule has 9 heteroatoms. The maximum absolute atomic E-state index is 13.0. The van der Waals surface area contributed by atoms with Crippen LogP contribution in [0, 0.1) is 5.92 Å². The van der Waals surface area contributed by atoms with Gasteiger partial charge in [-0.05, 0) is 18.8 Å². The molecule has 1 spiro atoms. The van der Waals surface area contributed by atoms with Crippen LogP contribution in [-0.2, 0) is 9.59 Å². The molecule has 8 nitrogen and oxygen atoms in total. The lowest BCUT2D eigenvalue weighted by Gasteiger charge is -2.37. The molecule has 0 bridgehead atoms. The molecule has 0 aromatic carbocycles. The zero-order valence-electron chi connectivity index (χ0n) is 15.5.